The topological polar surface area (TPSA) is 49.8 Å². The van der Waals surface area contributed by atoms with E-state index < -0.39 is 0 Å². The molecule has 2 N–H and O–H groups in total. The molecule has 1 atom stereocenters. The molecular formula is C12H14N2S. The Morgan fingerprint density at radius 2 is 2.20 bits per heavy atom. The second-order valence-corrected chi connectivity index (χ2v) is 4.92. The number of rotatable bonds is 3. The Morgan fingerprint density at radius 1 is 1.40 bits per heavy atom. The number of benzene rings is 1. The van der Waals surface area contributed by atoms with Crippen LogP contribution in [0, 0.1) is 11.3 Å². The maximum atomic E-state index is 8.58. The molecule has 1 aliphatic carbocycles. The molecule has 2 nitrogen and oxygen atoms in total. The third kappa shape index (κ3) is 2.53. The van der Waals surface area contributed by atoms with Crippen molar-refractivity contribution in [3.05, 3.63) is 29.3 Å². The Labute approximate surface area is 94.5 Å². The van der Waals surface area contributed by atoms with E-state index in [9.17, 15) is 0 Å². The molecule has 1 aromatic rings. The number of thioether (sulfide) groups is 1. The van der Waals surface area contributed by atoms with E-state index in [0.717, 1.165) is 0 Å². The van der Waals surface area contributed by atoms with Gasteiger partial charge in [-0.1, -0.05) is 6.07 Å². The van der Waals surface area contributed by atoms with Crippen molar-refractivity contribution in [2.75, 3.05) is 5.75 Å². The van der Waals surface area contributed by atoms with Gasteiger partial charge in [0, 0.05) is 10.6 Å². The van der Waals surface area contributed by atoms with E-state index in [0.29, 0.717) is 5.75 Å². The second kappa shape index (κ2) is 4.69. The van der Waals surface area contributed by atoms with Gasteiger partial charge in [-0.15, -0.1) is 11.8 Å². The number of aryl methyl sites for hydroxylation is 2. The number of nitrogens with zero attached hydrogens (tertiary/aromatic N) is 1. The van der Waals surface area contributed by atoms with Crippen LogP contribution in [0.15, 0.2) is 23.1 Å². The third-order valence-electron chi connectivity index (χ3n) is 2.67. The van der Waals surface area contributed by atoms with Gasteiger partial charge in [0.05, 0.1) is 6.07 Å². The molecule has 0 aromatic heterocycles. The number of hydrogen-bond acceptors (Lipinski definition) is 3. The Kier molecular flexibility index (Phi) is 3.30. The molecule has 78 valence electrons. The summed E-state index contributed by atoms with van der Waals surface area (Å²) in [4.78, 5) is 1.24. The first-order valence-electron chi connectivity index (χ1n) is 5.19. The van der Waals surface area contributed by atoms with E-state index in [1.165, 1.54) is 35.3 Å². The Morgan fingerprint density at radius 3 is 3.00 bits per heavy atom. The highest BCUT2D eigenvalue weighted by Gasteiger charge is 2.11. The van der Waals surface area contributed by atoms with Crippen LogP contribution in [0.25, 0.3) is 0 Å². The molecular weight excluding hydrogens is 204 g/mol. The zero-order valence-electron chi connectivity index (χ0n) is 8.57. The van der Waals surface area contributed by atoms with Crippen LogP contribution >= 0.6 is 11.8 Å². The van der Waals surface area contributed by atoms with Gasteiger partial charge in [0.25, 0.3) is 0 Å². The highest BCUT2D eigenvalue weighted by molar-refractivity contribution is 7.99. The van der Waals surface area contributed by atoms with Crippen molar-refractivity contribution in [1.82, 2.24) is 0 Å². The molecule has 0 saturated carbocycles. The van der Waals surface area contributed by atoms with Gasteiger partial charge in [-0.25, -0.2) is 0 Å². The van der Waals surface area contributed by atoms with Gasteiger partial charge in [0.1, 0.15) is 6.04 Å². The maximum absolute atomic E-state index is 8.58. The average molecular weight is 218 g/mol. The average Bonchev–Trinajstić information content (AvgIpc) is 2.72. The summed E-state index contributed by atoms with van der Waals surface area (Å²) in [5.74, 6) is 0.676. The van der Waals surface area contributed by atoms with Crippen LogP contribution in [0.1, 0.15) is 17.5 Å². The van der Waals surface area contributed by atoms with E-state index in [4.69, 9.17) is 11.0 Å². The quantitative estimate of drug-likeness (QED) is 0.791. The van der Waals surface area contributed by atoms with Gasteiger partial charge in [0.2, 0.25) is 0 Å². The standard InChI is InChI=1S/C12H14N2S/c13-7-11(14)8-15-12-5-4-9-2-1-3-10(9)6-12/h4-6,11H,1-3,8,14H2. The van der Waals surface area contributed by atoms with Crippen LogP contribution in [0.2, 0.25) is 0 Å². The van der Waals surface area contributed by atoms with E-state index in [1.54, 1.807) is 11.8 Å². The number of hydrogen-bond donors (Lipinski definition) is 1. The smallest absolute Gasteiger partial charge is 0.102 e. The molecule has 3 heteroatoms. The van der Waals surface area contributed by atoms with Crippen LogP contribution in [0.4, 0.5) is 0 Å². The van der Waals surface area contributed by atoms with E-state index >= 15 is 0 Å². The Bertz CT molecular complexity index is 395. The van der Waals surface area contributed by atoms with Crippen molar-refractivity contribution in [2.45, 2.75) is 30.2 Å². The van der Waals surface area contributed by atoms with Crippen molar-refractivity contribution < 1.29 is 0 Å². The summed E-state index contributed by atoms with van der Waals surface area (Å²) in [6.45, 7) is 0. The monoisotopic (exact) mass is 218 g/mol. The number of nitrogens with two attached hydrogens (primary N) is 1. The SMILES string of the molecule is N#CC(N)CSc1ccc2c(c1)CCC2. The summed E-state index contributed by atoms with van der Waals surface area (Å²) < 4.78 is 0. The highest BCUT2D eigenvalue weighted by Crippen LogP contribution is 2.27. The van der Waals surface area contributed by atoms with Gasteiger partial charge in [-0.3, -0.25) is 0 Å². The molecule has 0 bridgehead atoms. The molecule has 1 aliphatic rings. The summed E-state index contributed by atoms with van der Waals surface area (Å²) in [7, 11) is 0. The summed E-state index contributed by atoms with van der Waals surface area (Å²) in [6.07, 6.45) is 3.70. The molecule has 15 heavy (non-hydrogen) atoms. The predicted octanol–water partition coefficient (Wildman–Crippen LogP) is 2.12. The first kappa shape index (κ1) is 10.5. The minimum atomic E-state index is -0.358. The van der Waals surface area contributed by atoms with Gasteiger partial charge in [-0.2, -0.15) is 5.26 Å². The van der Waals surface area contributed by atoms with Crippen LogP contribution in [-0.2, 0) is 12.8 Å². The molecule has 1 unspecified atom stereocenters. The lowest BCUT2D eigenvalue weighted by Crippen LogP contribution is -2.19. The van der Waals surface area contributed by atoms with Crippen molar-refractivity contribution in [2.24, 2.45) is 5.73 Å². The fraction of sp³-hybridized carbons (Fsp3) is 0.417. The third-order valence-corrected chi connectivity index (χ3v) is 3.78. The van der Waals surface area contributed by atoms with Crippen molar-refractivity contribution in [3.8, 4) is 6.07 Å². The van der Waals surface area contributed by atoms with Crippen molar-refractivity contribution in [1.29, 1.82) is 5.26 Å². The van der Waals surface area contributed by atoms with Crippen LogP contribution < -0.4 is 5.73 Å². The normalized spacial score (nSPS) is 15.7. The molecule has 0 amide bonds. The number of fused-ring (bicyclic) bond motifs is 1. The van der Waals surface area contributed by atoms with Gasteiger partial charge >= 0.3 is 0 Å². The summed E-state index contributed by atoms with van der Waals surface area (Å²) in [5.41, 5.74) is 8.52. The van der Waals surface area contributed by atoms with Crippen LogP contribution in [0.5, 0.6) is 0 Å². The second-order valence-electron chi connectivity index (χ2n) is 3.83. The summed E-state index contributed by atoms with van der Waals surface area (Å²) >= 11 is 1.67. The Hall–Kier alpha value is -0.980. The highest BCUT2D eigenvalue weighted by atomic mass is 32.2. The summed E-state index contributed by atoms with van der Waals surface area (Å²) in [5, 5.41) is 8.58. The largest absolute Gasteiger partial charge is 0.315 e. The fourth-order valence-corrected chi connectivity index (χ4v) is 2.70. The summed E-state index contributed by atoms with van der Waals surface area (Å²) in [6, 6.07) is 8.28. The Balaban J connectivity index is 2.01. The number of nitriles is 1. The van der Waals surface area contributed by atoms with E-state index in [1.807, 2.05) is 6.07 Å². The molecule has 0 spiro atoms. The molecule has 0 saturated heterocycles. The first-order valence-corrected chi connectivity index (χ1v) is 6.18. The van der Waals surface area contributed by atoms with Crippen molar-refractivity contribution in [3.63, 3.8) is 0 Å². The van der Waals surface area contributed by atoms with Gasteiger partial charge in [0.15, 0.2) is 0 Å². The fourth-order valence-electron chi connectivity index (χ4n) is 1.86. The lowest BCUT2D eigenvalue weighted by atomic mass is 10.1. The molecule has 2 rings (SSSR count). The first-order chi connectivity index (χ1) is 7.29. The molecule has 1 aromatic carbocycles. The minimum Gasteiger partial charge on any atom is -0.315 e. The van der Waals surface area contributed by atoms with Crippen molar-refractivity contribution >= 4 is 11.8 Å². The lowest BCUT2D eigenvalue weighted by Gasteiger charge is -2.05. The molecule has 0 radical (unpaired) electrons. The minimum absolute atomic E-state index is 0.358. The molecule has 0 heterocycles. The lowest BCUT2D eigenvalue weighted by molar-refractivity contribution is 0.911. The van der Waals surface area contributed by atoms with Crippen LogP contribution in [-0.4, -0.2) is 11.8 Å². The van der Waals surface area contributed by atoms with Crippen LogP contribution in [0.3, 0.4) is 0 Å². The van der Waals surface area contributed by atoms with E-state index in [2.05, 4.69) is 18.2 Å². The predicted molar refractivity (Wildman–Crippen MR) is 62.8 cm³/mol. The zero-order valence-corrected chi connectivity index (χ0v) is 9.39. The zero-order chi connectivity index (χ0) is 10.7. The molecule has 0 aliphatic heterocycles. The van der Waals surface area contributed by atoms with Gasteiger partial charge in [-0.05, 0) is 42.5 Å². The van der Waals surface area contributed by atoms with Gasteiger partial charge < -0.3 is 5.73 Å². The maximum Gasteiger partial charge on any atom is 0.102 e. The molecule has 0 fully saturated rings. The van der Waals surface area contributed by atoms with E-state index in [-0.39, 0.29) is 6.04 Å².